The van der Waals surface area contributed by atoms with Gasteiger partial charge in [-0.1, -0.05) is 6.07 Å². The van der Waals surface area contributed by atoms with Crippen molar-refractivity contribution in [1.29, 1.82) is 0 Å². The highest BCUT2D eigenvalue weighted by molar-refractivity contribution is 5.94. The molecule has 1 amide bonds. The quantitative estimate of drug-likeness (QED) is 0.855. The Morgan fingerprint density at radius 2 is 2.17 bits per heavy atom. The van der Waals surface area contributed by atoms with E-state index in [4.69, 9.17) is 0 Å². The minimum Gasteiger partial charge on any atom is -0.505 e. The Labute approximate surface area is 105 Å². The zero-order valence-electron chi connectivity index (χ0n) is 9.92. The topological polar surface area (TPSA) is 75.1 Å². The maximum atomic E-state index is 11.8. The lowest BCUT2D eigenvalue weighted by atomic mass is 10.3. The van der Waals surface area contributed by atoms with Crippen LogP contribution in [0.25, 0.3) is 0 Å². The van der Waals surface area contributed by atoms with Crippen molar-refractivity contribution in [2.45, 2.75) is 13.5 Å². The van der Waals surface area contributed by atoms with Crippen molar-refractivity contribution < 1.29 is 9.90 Å². The summed E-state index contributed by atoms with van der Waals surface area (Å²) in [7, 11) is 0. The number of amides is 1. The summed E-state index contributed by atoms with van der Waals surface area (Å²) in [5.74, 6) is -0.552. The molecule has 0 atom stereocenters. The summed E-state index contributed by atoms with van der Waals surface area (Å²) in [6.45, 7) is 2.19. The van der Waals surface area contributed by atoms with E-state index in [1.165, 1.54) is 12.3 Å². The molecule has 2 aromatic rings. The van der Waals surface area contributed by atoms with Crippen LogP contribution in [0.5, 0.6) is 5.75 Å². The Hall–Kier alpha value is -2.43. The second kappa shape index (κ2) is 5.27. The Bertz CT molecular complexity index is 570. The standard InChI is InChI=1S/C13H13N3O2/c1-9-4-2-5-10(16-9)8-15-13(18)12-11(17)6-3-7-14-12/h2-7,17H,8H2,1H3,(H,15,18). The molecule has 0 unspecified atom stereocenters. The van der Waals surface area contributed by atoms with Gasteiger partial charge in [0.1, 0.15) is 5.75 Å². The minimum atomic E-state index is -0.420. The van der Waals surface area contributed by atoms with Gasteiger partial charge in [-0.25, -0.2) is 4.98 Å². The molecule has 2 heterocycles. The molecule has 0 bridgehead atoms. The van der Waals surface area contributed by atoms with Crippen LogP contribution in [0, 0.1) is 6.92 Å². The van der Waals surface area contributed by atoms with Gasteiger partial charge in [-0.05, 0) is 31.2 Å². The van der Waals surface area contributed by atoms with Crippen LogP contribution in [0.3, 0.4) is 0 Å². The van der Waals surface area contributed by atoms with Gasteiger partial charge in [0.25, 0.3) is 5.91 Å². The Morgan fingerprint density at radius 1 is 1.33 bits per heavy atom. The van der Waals surface area contributed by atoms with Crippen LogP contribution < -0.4 is 5.32 Å². The molecule has 2 aromatic heterocycles. The van der Waals surface area contributed by atoms with E-state index in [0.717, 1.165) is 11.4 Å². The fourth-order valence-electron chi connectivity index (χ4n) is 1.52. The summed E-state index contributed by atoms with van der Waals surface area (Å²) in [4.78, 5) is 19.9. The first-order valence-electron chi connectivity index (χ1n) is 5.51. The number of carbonyl (C=O) groups excluding carboxylic acids is 1. The molecule has 5 heteroatoms. The second-order valence-electron chi connectivity index (χ2n) is 3.82. The lowest BCUT2D eigenvalue weighted by molar-refractivity contribution is 0.0942. The van der Waals surface area contributed by atoms with Gasteiger partial charge in [-0.15, -0.1) is 0 Å². The molecule has 0 aliphatic rings. The highest BCUT2D eigenvalue weighted by Gasteiger charge is 2.11. The van der Waals surface area contributed by atoms with Crippen molar-refractivity contribution >= 4 is 5.91 Å². The molecule has 5 nitrogen and oxygen atoms in total. The van der Waals surface area contributed by atoms with Crippen LogP contribution in [0.15, 0.2) is 36.5 Å². The third-order valence-electron chi connectivity index (χ3n) is 2.38. The van der Waals surface area contributed by atoms with Gasteiger partial charge in [-0.3, -0.25) is 9.78 Å². The smallest absolute Gasteiger partial charge is 0.274 e. The van der Waals surface area contributed by atoms with Crippen molar-refractivity contribution in [2.24, 2.45) is 0 Å². The van der Waals surface area contributed by atoms with E-state index < -0.39 is 5.91 Å². The van der Waals surface area contributed by atoms with Gasteiger partial charge in [0, 0.05) is 11.9 Å². The van der Waals surface area contributed by atoms with Gasteiger partial charge in [0.15, 0.2) is 5.69 Å². The highest BCUT2D eigenvalue weighted by Crippen LogP contribution is 2.12. The van der Waals surface area contributed by atoms with Crippen molar-refractivity contribution in [2.75, 3.05) is 0 Å². The molecule has 0 aliphatic heterocycles. The number of aryl methyl sites for hydroxylation is 1. The lowest BCUT2D eigenvalue weighted by Gasteiger charge is -2.05. The first kappa shape index (κ1) is 12.0. The molecule has 0 saturated carbocycles. The molecular weight excluding hydrogens is 230 g/mol. The monoisotopic (exact) mass is 243 g/mol. The first-order chi connectivity index (χ1) is 8.66. The number of hydrogen-bond acceptors (Lipinski definition) is 4. The summed E-state index contributed by atoms with van der Waals surface area (Å²) >= 11 is 0. The van der Waals surface area contributed by atoms with Gasteiger partial charge >= 0.3 is 0 Å². The number of hydrogen-bond donors (Lipinski definition) is 2. The molecule has 18 heavy (non-hydrogen) atoms. The number of aromatic hydroxyl groups is 1. The summed E-state index contributed by atoms with van der Waals surface area (Å²) < 4.78 is 0. The van der Waals surface area contributed by atoms with Crippen LogP contribution in [0.2, 0.25) is 0 Å². The second-order valence-corrected chi connectivity index (χ2v) is 3.82. The van der Waals surface area contributed by atoms with E-state index in [2.05, 4.69) is 15.3 Å². The van der Waals surface area contributed by atoms with Crippen molar-refractivity contribution in [3.8, 4) is 5.75 Å². The Balaban J connectivity index is 2.03. The first-order valence-corrected chi connectivity index (χ1v) is 5.51. The molecule has 0 fully saturated rings. The van der Waals surface area contributed by atoms with Crippen LogP contribution in [-0.4, -0.2) is 21.0 Å². The average Bonchev–Trinajstić information content (AvgIpc) is 2.37. The van der Waals surface area contributed by atoms with E-state index in [9.17, 15) is 9.90 Å². The van der Waals surface area contributed by atoms with Gasteiger partial charge in [0.05, 0.1) is 12.2 Å². The molecule has 92 valence electrons. The number of aromatic nitrogens is 2. The van der Waals surface area contributed by atoms with Gasteiger partial charge in [0.2, 0.25) is 0 Å². The summed E-state index contributed by atoms with van der Waals surface area (Å²) in [6, 6.07) is 8.57. The average molecular weight is 243 g/mol. The summed E-state index contributed by atoms with van der Waals surface area (Å²) in [5, 5.41) is 12.1. The van der Waals surface area contributed by atoms with E-state index in [-0.39, 0.29) is 11.4 Å². The van der Waals surface area contributed by atoms with E-state index in [1.807, 2.05) is 25.1 Å². The number of carbonyl (C=O) groups is 1. The predicted molar refractivity (Wildman–Crippen MR) is 66.0 cm³/mol. The Morgan fingerprint density at radius 3 is 2.89 bits per heavy atom. The van der Waals surface area contributed by atoms with Crippen molar-refractivity contribution in [3.05, 3.63) is 53.6 Å². The van der Waals surface area contributed by atoms with E-state index in [0.29, 0.717) is 6.54 Å². The summed E-state index contributed by atoms with van der Waals surface area (Å²) in [5.41, 5.74) is 1.67. The maximum absolute atomic E-state index is 11.8. The normalized spacial score (nSPS) is 10.1. The molecular formula is C13H13N3O2. The van der Waals surface area contributed by atoms with Gasteiger partial charge < -0.3 is 10.4 Å². The van der Waals surface area contributed by atoms with Crippen molar-refractivity contribution in [3.63, 3.8) is 0 Å². The van der Waals surface area contributed by atoms with Crippen LogP contribution in [-0.2, 0) is 6.54 Å². The van der Waals surface area contributed by atoms with E-state index in [1.54, 1.807) is 6.07 Å². The molecule has 0 aliphatic carbocycles. The molecule has 0 saturated heterocycles. The SMILES string of the molecule is Cc1cccc(CNC(=O)c2ncccc2O)n1. The molecule has 0 aromatic carbocycles. The largest absolute Gasteiger partial charge is 0.505 e. The van der Waals surface area contributed by atoms with Crippen molar-refractivity contribution in [1.82, 2.24) is 15.3 Å². The zero-order chi connectivity index (χ0) is 13.0. The molecule has 0 spiro atoms. The third-order valence-corrected chi connectivity index (χ3v) is 2.38. The summed E-state index contributed by atoms with van der Waals surface area (Å²) in [6.07, 6.45) is 1.46. The zero-order valence-corrected chi connectivity index (χ0v) is 9.92. The molecule has 0 radical (unpaired) electrons. The fraction of sp³-hybridized carbons (Fsp3) is 0.154. The van der Waals surface area contributed by atoms with Crippen LogP contribution >= 0.6 is 0 Å². The highest BCUT2D eigenvalue weighted by atomic mass is 16.3. The fourth-order valence-corrected chi connectivity index (χ4v) is 1.52. The third kappa shape index (κ3) is 2.82. The van der Waals surface area contributed by atoms with E-state index >= 15 is 0 Å². The molecule has 2 N–H and O–H groups in total. The van der Waals surface area contributed by atoms with Gasteiger partial charge in [-0.2, -0.15) is 0 Å². The number of pyridine rings is 2. The number of nitrogens with zero attached hydrogens (tertiary/aromatic N) is 2. The number of rotatable bonds is 3. The molecule has 2 rings (SSSR count). The minimum absolute atomic E-state index is 0.0187. The lowest BCUT2D eigenvalue weighted by Crippen LogP contribution is -2.24. The number of nitrogens with one attached hydrogen (secondary N) is 1. The predicted octanol–water partition coefficient (Wildman–Crippen LogP) is 1.42. The maximum Gasteiger partial charge on any atom is 0.274 e. The van der Waals surface area contributed by atoms with Crippen LogP contribution in [0.4, 0.5) is 0 Å². The Kier molecular flexibility index (Phi) is 3.52. The van der Waals surface area contributed by atoms with Crippen LogP contribution in [0.1, 0.15) is 21.9 Å².